The number of hydrogen-bond donors (Lipinski definition) is 0. The molecule has 0 fully saturated rings. The maximum Gasteiger partial charge on any atom is 0.577 e. The fourth-order valence-electron chi connectivity index (χ4n) is 2.60. The number of hydrogen-bond acceptors (Lipinski definition) is 7. The lowest BCUT2D eigenvalue weighted by atomic mass is 9.96. The van der Waals surface area contributed by atoms with Crippen LogP contribution in [-0.4, -0.2) is 32.8 Å². The highest BCUT2D eigenvalue weighted by atomic mass is 16.7. The van der Waals surface area contributed by atoms with Gasteiger partial charge in [0.1, 0.15) is 9.85 Å². The Kier molecular flexibility index (Phi) is 10.4. The number of aldehydes is 1. The highest BCUT2D eigenvalue weighted by molar-refractivity contribution is 5.60. The number of carbonyl (C=O) groups excluding carboxylic acids is 1. The van der Waals surface area contributed by atoms with Crippen molar-refractivity contribution in [1.82, 2.24) is 0 Å². The van der Waals surface area contributed by atoms with Crippen molar-refractivity contribution >= 4 is 6.29 Å². The van der Waals surface area contributed by atoms with Crippen LogP contribution in [0.5, 0.6) is 0 Å². The van der Waals surface area contributed by atoms with Gasteiger partial charge in [-0.1, -0.05) is 58.3 Å². The molecule has 0 spiro atoms. The van der Waals surface area contributed by atoms with E-state index in [2.05, 4.69) is 6.92 Å². The Morgan fingerprint density at radius 2 is 1.25 bits per heavy atom. The highest BCUT2D eigenvalue weighted by Crippen LogP contribution is 2.22. The van der Waals surface area contributed by atoms with Crippen LogP contribution >= 0.6 is 0 Å². The van der Waals surface area contributed by atoms with E-state index in [1.807, 2.05) is 0 Å². The first-order valence-corrected chi connectivity index (χ1v) is 8.23. The summed E-state index contributed by atoms with van der Waals surface area (Å²) in [6.45, 7) is 2.13. The fraction of sp³-hybridized carbons (Fsp3) is 0.929. The second-order valence-electron chi connectivity index (χ2n) is 5.83. The van der Waals surface area contributed by atoms with Crippen LogP contribution in [0.3, 0.4) is 0 Å². The molecule has 0 aliphatic heterocycles. The van der Waals surface area contributed by atoms with Gasteiger partial charge in [0.15, 0.2) is 0 Å². The third-order valence-corrected chi connectivity index (χ3v) is 4.08. The molecule has 0 aromatic heterocycles. The molecule has 0 aliphatic carbocycles. The lowest BCUT2D eigenvalue weighted by Crippen LogP contribution is -2.60. The minimum Gasteiger partial charge on any atom is -0.287 e. The first-order chi connectivity index (χ1) is 11.3. The zero-order valence-electron chi connectivity index (χ0n) is 13.9. The molecule has 0 rings (SSSR count). The summed E-state index contributed by atoms with van der Waals surface area (Å²) in [6.07, 6.45) is 7.39. The third-order valence-electron chi connectivity index (χ3n) is 4.08. The van der Waals surface area contributed by atoms with Gasteiger partial charge in [-0.25, -0.2) is 0 Å². The molecule has 0 radical (unpaired) electrons. The van der Waals surface area contributed by atoms with E-state index in [-0.39, 0.29) is 12.8 Å². The van der Waals surface area contributed by atoms with Gasteiger partial charge in [0, 0.05) is 11.3 Å². The van der Waals surface area contributed by atoms with E-state index < -0.39 is 32.8 Å². The third kappa shape index (κ3) is 6.17. The van der Waals surface area contributed by atoms with Gasteiger partial charge in [-0.3, -0.25) is 35.1 Å². The molecule has 0 heterocycles. The lowest BCUT2D eigenvalue weighted by molar-refractivity contribution is -0.812. The second-order valence-corrected chi connectivity index (χ2v) is 5.83. The summed E-state index contributed by atoms with van der Waals surface area (Å²) >= 11 is 0. The Hall–Kier alpha value is -2.13. The van der Waals surface area contributed by atoms with E-state index in [1.54, 1.807) is 0 Å². The van der Waals surface area contributed by atoms with Crippen molar-refractivity contribution in [2.45, 2.75) is 82.8 Å². The Morgan fingerprint density at radius 3 is 1.58 bits per heavy atom. The van der Waals surface area contributed by atoms with E-state index in [0.29, 0.717) is 6.42 Å². The predicted octanol–water partition coefficient (Wildman–Crippen LogP) is 3.00. The zero-order valence-corrected chi connectivity index (χ0v) is 13.9. The molecular formula is C14H25N3O7. The second kappa shape index (κ2) is 11.4. The standard InChI is InChI=1S/C14H25N3O7/c1-2-3-4-5-6-7-8-9-10-11-13(15(19)20)14(12-18,16(21)22)17(23)24/h12-13H,2-11H2,1H3. The molecule has 0 amide bonds. The molecule has 10 nitrogen and oxygen atoms in total. The fourth-order valence-corrected chi connectivity index (χ4v) is 2.60. The molecule has 0 bridgehead atoms. The van der Waals surface area contributed by atoms with Gasteiger partial charge in [-0.2, -0.15) is 0 Å². The van der Waals surface area contributed by atoms with Crippen molar-refractivity contribution < 1.29 is 19.6 Å². The average Bonchev–Trinajstić information content (AvgIpc) is 2.51. The lowest BCUT2D eigenvalue weighted by Gasteiger charge is -2.15. The van der Waals surface area contributed by atoms with E-state index in [1.165, 1.54) is 12.8 Å². The summed E-state index contributed by atoms with van der Waals surface area (Å²) in [7, 11) is 0. The molecule has 1 unspecified atom stereocenters. The van der Waals surface area contributed by atoms with Gasteiger partial charge >= 0.3 is 11.7 Å². The summed E-state index contributed by atoms with van der Waals surface area (Å²) in [5.74, 6) is 0. The predicted molar refractivity (Wildman–Crippen MR) is 85.4 cm³/mol. The summed E-state index contributed by atoms with van der Waals surface area (Å²) in [5, 5.41) is 32.9. The van der Waals surface area contributed by atoms with Crippen LogP contribution < -0.4 is 0 Å². The molecule has 10 heteroatoms. The van der Waals surface area contributed by atoms with E-state index in [4.69, 9.17) is 0 Å². The summed E-state index contributed by atoms with van der Waals surface area (Å²) < 4.78 is 0. The number of unbranched alkanes of at least 4 members (excludes halogenated alkanes) is 8. The van der Waals surface area contributed by atoms with Gasteiger partial charge in [-0.05, 0) is 6.42 Å². The van der Waals surface area contributed by atoms with Crippen molar-refractivity contribution in [3.05, 3.63) is 30.3 Å². The quantitative estimate of drug-likeness (QED) is 0.145. The first kappa shape index (κ1) is 21.9. The summed E-state index contributed by atoms with van der Waals surface area (Å²) in [5.41, 5.74) is -3.41. The monoisotopic (exact) mass is 347 g/mol. The van der Waals surface area contributed by atoms with Gasteiger partial charge in [-0.15, -0.1) is 0 Å². The molecular weight excluding hydrogens is 322 g/mol. The van der Waals surface area contributed by atoms with Crippen molar-refractivity contribution in [3.63, 3.8) is 0 Å². The van der Waals surface area contributed by atoms with Crippen molar-refractivity contribution in [1.29, 1.82) is 0 Å². The van der Waals surface area contributed by atoms with Gasteiger partial charge in [0.2, 0.25) is 0 Å². The van der Waals surface area contributed by atoms with Crippen LogP contribution in [0.1, 0.15) is 71.1 Å². The minimum atomic E-state index is -3.41. The Bertz CT molecular complexity index is 428. The first-order valence-electron chi connectivity index (χ1n) is 8.23. The molecule has 0 aliphatic rings. The molecule has 1 atom stereocenters. The van der Waals surface area contributed by atoms with E-state index in [9.17, 15) is 35.1 Å². The maximum absolute atomic E-state index is 11.0. The van der Waals surface area contributed by atoms with Crippen molar-refractivity contribution in [2.24, 2.45) is 0 Å². The zero-order chi connectivity index (χ0) is 18.6. The molecule has 0 aromatic rings. The highest BCUT2D eigenvalue weighted by Gasteiger charge is 2.70. The van der Waals surface area contributed by atoms with Crippen LogP contribution in [0, 0.1) is 30.3 Å². The van der Waals surface area contributed by atoms with Crippen LogP contribution in [0.2, 0.25) is 0 Å². The summed E-state index contributed by atoms with van der Waals surface area (Å²) in [4.78, 5) is 39.8. The molecule has 0 aromatic carbocycles. The van der Waals surface area contributed by atoms with Crippen LogP contribution in [-0.2, 0) is 4.79 Å². The largest absolute Gasteiger partial charge is 0.577 e. The number of nitro groups is 3. The number of rotatable bonds is 15. The topological polar surface area (TPSA) is 146 Å². The Balaban J connectivity index is 4.45. The van der Waals surface area contributed by atoms with Gasteiger partial charge < -0.3 is 0 Å². The smallest absolute Gasteiger partial charge is 0.287 e. The van der Waals surface area contributed by atoms with E-state index in [0.717, 1.165) is 32.1 Å². The molecule has 0 saturated carbocycles. The van der Waals surface area contributed by atoms with Crippen molar-refractivity contribution in [3.8, 4) is 0 Å². The van der Waals surface area contributed by atoms with Gasteiger partial charge in [0.05, 0.1) is 0 Å². The van der Waals surface area contributed by atoms with Crippen LogP contribution in [0.4, 0.5) is 0 Å². The van der Waals surface area contributed by atoms with Crippen molar-refractivity contribution in [2.75, 3.05) is 0 Å². The Morgan fingerprint density at radius 1 is 0.833 bits per heavy atom. The molecule has 0 N–H and O–H groups in total. The molecule has 0 saturated heterocycles. The van der Waals surface area contributed by atoms with Crippen LogP contribution in [0.25, 0.3) is 0 Å². The molecule has 24 heavy (non-hydrogen) atoms. The SMILES string of the molecule is CCCCCCCCCCCC([N+](=O)[O-])C(C=O)([N+](=O)[O-])[N+](=O)[O-]. The van der Waals surface area contributed by atoms with E-state index >= 15 is 0 Å². The summed E-state index contributed by atoms with van der Waals surface area (Å²) in [6, 6.07) is -2.16. The normalized spacial score (nSPS) is 12.5. The Labute approximate surface area is 140 Å². The minimum absolute atomic E-state index is 0.234. The van der Waals surface area contributed by atoms with Crippen LogP contribution in [0.15, 0.2) is 0 Å². The number of carbonyl (C=O) groups is 1. The maximum atomic E-state index is 11.0. The average molecular weight is 347 g/mol. The van der Waals surface area contributed by atoms with Gasteiger partial charge in [0.25, 0.3) is 6.29 Å². The molecule has 138 valence electrons. The number of nitrogens with zero attached hydrogens (tertiary/aromatic N) is 3.